The number of rotatable bonds is 7. The molecule has 0 bridgehead atoms. The number of nitrogens with one attached hydrogen (secondary N) is 1. The van der Waals surface area contributed by atoms with Gasteiger partial charge < -0.3 is 10.2 Å². The zero-order valence-electron chi connectivity index (χ0n) is 12.2. The van der Waals surface area contributed by atoms with Crippen LogP contribution in [0.2, 0.25) is 0 Å². The average Bonchev–Trinajstić information content (AvgIpc) is 2.52. The lowest BCUT2D eigenvalue weighted by Crippen LogP contribution is -2.22. The number of pyridine rings is 2. The highest BCUT2D eigenvalue weighted by atomic mass is 15.1. The van der Waals surface area contributed by atoms with Crippen LogP contribution in [0.5, 0.6) is 0 Å². The van der Waals surface area contributed by atoms with Crippen molar-refractivity contribution in [3.8, 4) is 0 Å². The summed E-state index contributed by atoms with van der Waals surface area (Å²) in [6.45, 7) is 7.91. The van der Waals surface area contributed by atoms with Crippen molar-refractivity contribution in [1.82, 2.24) is 15.3 Å². The fourth-order valence-electron chi connectivity index (χ4n) is 2.11. The zero-order chi connectivity index (χ0) is 14.2. The molecule has 1 N–H and O–H groups in total. The molecule has 2 aromatic heterocycles. The van der Waals surface area contributed by atoms with E-state index in [9.17, 15) is 0 Å². The van der Waals surface area contributed by atoms with Gasteiger partial charge in [-0.3, -0.25) is 9.97 Å². The second-order valence-corrected chi connectivity index (χ2v) is 4.66. The monoisotopic (exact) mass is 270 g/mol. The summed E-state index contributed by atoms with van der Waals surface area (Å²) in [7, 11) is 0. The van der Waals surface area contributed by atoms with Crippen LogP contribution in [0, 0.1) is 0 Å². The first-order chi connectivity index (χ1) is 9.83. The molecule has 2 heterocycles. The van der Waals surface area contributed by atoms with Crippen molar-refractivity contribution in [2.45, 2.75) is 26.9 Å². The molecule has 20 heavy (non-hydrogen) atoms. The highest BCUT2D eigenvalue weighted by Gasteiger charge is 2.06. The van der Waals surface area contributed by atoms with Crippen LogP contribution in [-0.2, 0) is 13.1 Å². The molecule has 0 unspecified atom stereocenters. The van der Waals surface area contributed by atoms with Crippen molar-refractivity contribution < 1.29 is 0 Å². The normalized spacial score (nSPS) is 10.5. The lowest BCUT2D eigenvalue weighted by atomic mass is 10.2. The molecular weight excluding hydrogens is 248 g/mol. The standard InChI is InChI=1S/C16H22N4/c1-3-17-12-15-11-16(7-10-19-15)20(4-2)13-14-5-8-18-9-6-14/h5-11,17H,3-4,12-13H2,1-2H3. The van der Waals surface area contributed by atoms with Crippen molar-refractivity contribution >= 4 is 5.69 Å². The van der Waals surface area contributed by atoms with Gasteiger partial charge in [0.25, 0.3) is 0 Å². The molecule has 2 aromatic rings. The SMILES string of the molecule is CCNCc1cc(N(CC)Cc2ccncc2)ccn1. The molecule has 106 valence electrons. The predicted molar refractivity (Wildman–Crippen MR) is 82.6 cm³/mol. The highest BCUT2D eigenvalue weighted by molar-refractivity contribution is 5.47. The molecule has 0 aliphatic heterocycles. The summed E-state index contributed by atoms with van der Waals surface area (Å²) in [6, 6.07) is 8.35. The van der Waals surface area contributed by atoms with Gasteiger partial charge in [0.2, 0.25) is 0 Å². The Morgan fingerprint density at radius 3 is 2.60 bits per heavy atom. The van der Waals surface area contributed by atoms with Gasteiger partial charge in [0.1, 0.15) is 0 Å². The largest absolute Gasteiger partial charge is 0.367 e. The second kappa shape index (κ2) is 7.60. The van der Waals surface area contributed by atoms with E-state index in [-0.39, 0.29) is 0 Å². The Labute approximate surface area is 120 Å². The van der Waals surface area contributed by atoms with Crippen molar-refractivity contribution in [3.05, 3.63) is 54.1 Å². The summed E-state index contributed by atoms with van der Waals surface area (Å²) in [5, 5.41) is 3.31. The van der Waals surface area contributed by atoms with Crippen LogP contribution >= 0.6 is 0 Å². The van der Waals surface area contributed by atoms with E-state index >= 15 is 0 Å². The van der Waals surface area contributed by atoms with E-state index in [0.717, 1.165) is 31.9 Å². The molecular formula is C16H22N4. The maximum atomic E-state index is 4.40. The minimum atomic E-state index is 0.817. The molecule has 0 aromatic carbocycles. The molecule has 0 fully saturated rings. The summed E-state index contributed by atoms with van der Waals surface area (Å²) in [5.41, 5.74) is 3.57. The Kier molecular flexibility index (Phi) is 5.50. The van der Waals surface area contributed by atoms with Crippen LogP contribution in [0.4, 0.5) is 5.69 Å². The van der Waals surface area contributed by atoms with Crippen LogP contribution in [0.3, 0.4) is 0 Å². The van der Waals surface area contributed by atoms with Gasteiger partial charge in [0.05, 0.1) is 5.69 Å². The summed E-state index contributed by atoms with van der Waals surface area (Å²) in [6.07, 6.45) is 5.57. The van der Waals surface area contributed by atoms with E-state index in [0.29, 0.717) is 0 Å². The molecule has 0 amide bonds. The minimum absolute atomic E-state index is 0.817. The van der Waals surface area contributed by atoms with Crippen LogP contribution in [0.1, 0.15) is 25.1 Å². The molecule has 0 aliphatic carbocycles. The third kappa shape index (κ3) is 4.03. The zero-order valence-corrected chi connectivity index (χ0v) is 12.2. The average molecular weight is 270 g/mol. The van der Waals surface area contributed by atoms with E-state index in [2.05, 4.69) is 58.3 Å². The van der Waals surface area contributed by atoms with Crippen molar-refractivity contribution in [2.75, 3.05) is 18.0 Å². The van der Waals surface area contributed by atoms with Gasteiger partial charge in [0.15, 0.2) is 0 Å². The maximum absolute atomic E-state index is 4.40. The number of nitrogens with zero attached hydrogens (tertiary/aromatic N) is 3. The molecule has 0 saturated carbocycles. The first-order valence-corrected chi connectivity index (χ1v) is 7.13. The van der Waals surface area contributed by atoms with E-state index in [1.54, 1.807) is 0 Å². The minimum Gasteiger partial charge on any atom is -0.367 e. The maximum Gasteiger partial charge on any atom is 0.0562 e. The second-order valence-electron chi connectivity index (χ2n) is 4.66. The van der Waals surface area contributed by atoms with Crippen molar-refractivity contribution in [3.63, 3.8) is 0 Å². The van der Waals surface area contributed by atoms with Crippen LogP contribution in [0.15, 0.2) is 42.9 Å². The molecule has 0 atom stereocenters. The Bertz CT molecular complexity index is 513. The molecule has 0 saturated heterocycles. The Balaban J connectivity index is 2.10. The van der Waals surface area contributed by atoms with E-state index < -0.39 is 0 Å². The third-order valence-electron chi connectivity index (χ3n) is 3.23. The molecule has 4 nitrogen and oxygen atoms in total. The van der Waals surface area contributed by atoms with Gasteiger partial charge in [-0.25, -0.2) is 0 Å². The van der Waals surface area contributed by atoms with E-state index in [1.165, 1.54) is 11.3 Å². The third-order valence-corrected chi connectivity index (χ3v) is 3.23. The van der Waals surface area contributed by atoms with Crippen molar-refractivity contribution in [1.29, 1.82) is 0 Å². The number of anilines is 1. The van der Waals surface area contributed by atoms with E-state index in [4.69, 9.17) is 0 Å². The molecule has 0 radical (unpaired) electrons. The first kappa shape index (κ1) is 14.5. The molecule has 2 rings (SSSR count). The Morgan fingerprint density at radius 1 is 1.10 bits per heavy atom. The molecule has 0 spiro atoms. The summed E-state index contributed by atoms with van der Waals surface area (Å²) in [4.78, 5) is 10.8. The molecule has 0 aliphatic rings. The van der Waals surface area contributed by atoms with E-state index in [1.807, 2.05) is 18.6 Å². The van der Waals surface area contributed by atoms with Gasteiger partial charge in [-0.1, -0.05) is 6.92 Å². The van der Waals surface area contributed by atoms with Crippen LogP contribution < -0.4 is 10.2 Å². The Hall–Kier alpha value is -1.94. The predicted octanol–water partition coefficient (Wildman–Crippen LogP) is 2.61. The Morgan fingerprint density at radius 2 is 1.90 bits per heavy atom. The van der Waals surface area contributed by atoms with Gasteiger partial charge >= 0.3 is 0 Å². The van der Waals surface area contributed by atoms with Crippen LogP contribution in [0.25, 0.3) is 0 Å². The lowest BCUT2D eigenvalue weighted by molar-refractivity contribution is 0.709. The molecule has 4 heteroatoms. The first-order valence-electron chi connectivity index (χ1n) is 7.13. The highest BCUT2D eigenvalue weighted by Crippen LogP contribution is 2.17. The summed E-state index contributed by atoms with van der Waals surface area (Å²) < 4.78 is 0. The fourth-order valence-corrected chi connectivity index (χ4v) is 2.11. The number of aromatic nitrogens is 2. The smallest absolute Gasteiger partial charge is 0.0562 e. The number of hydrogen-bond donors (Lipinski definition) is 1. The topological polar surface area (TPSA) is 41.0 Å². The number of hydrogen-bond acceptors (Lipinski definition) is 4. The quantitative estimate of drug-likeness (QED) is 0.839. The summed E-state index contributed by atoms with van der Waals surface area (Å²) in [5.74, 6) is 0. The fraction of sp³-hybridized carbons (Fsp3) is 0.375. The van der Waals surface area contributed by atoms with Crippen molar-refractivity contribution in [2.24, 2.45) is 0 Å². The lowest BCUT2D eigenvalue weighted by Gasteiger charge is -2.23. The van der Waals surface area contributed by atoms with Gasteiger partial charge in [-0.15, -0.1) is 0 Å². The summed E-state index contributed by atoms with van der Waals surface area (Å²) >= 11 is 0. The van der Waals surface area contributed by atoms with Gasteiger partial charge in [0, 0.05) is 43.9 Å². The van der Waals surface area contributed by atoms with Gasteiger partial charge in [-0.05, 0) is 43.3 Å². The van der Waals surface area contributed by atoms with Gasteiger partial charge in [-0.2, -0.15) is 0 Å². The van der Waals surface area contributed by atoms with Crippen LogP contribution in [-0.4, -0.2) is 23.1 Å².